The zero-order valence-corrected chi connectivity index (χ0v) is 16.3. The Kier molecular flexibility index (Phi) is 6.39. The highest BCUT2D eigenvalue weighted by atomic mass is 32.2. The van der Waals surface area contributed by atoms with Crippen LogP contribution in [-0.4, -0.2) is 31.8 Å². The van der Waals surface area contributed by atoms with E-state index in [9.17, 15) is 13.2 Å². The number of hydrogen-bond acceptors (Lipinski definition) is 3. The first-order valence-corrected chi connectivity index (χ1v) is 9.83. The number of sulfonamides is 1. The lowest BCUT2D eigenvalue weighted by atomic mass is 10.1. The average molecular weight is 375 g/mol. The molecular weight excluding hydrogens is 350 g/mol. The summed E-state index contributed by atoms with van der Waals surface area (Å²) < 4.78 is 26.2. The molecule has 0 radical (unpaired) electrons. The molecule has 0 aliphatic carbocycles. The molecule has 26 heavy (non-hydrogen) atoms. The highest BCUT2D eigenvalue weighted by Crippen LogP contribution is 2.19. The summed E-state index contributed by atoms with van der Waals surface area (Å²) >= 11 is 0. The number of urea groups is 1. The number of benzene rings is 2. The van der Waals surface area contributed by atoms with Crippen LogP contribution in [0.2, 0.25) is 0 Å². The van der Waals surface area contributed by atoms with Crippen molar-refractivity contribution < 1.29 is 13.2 Å². The van der Waals surface area contributed by atoms with Crippen molar-refractivity contribution >= 4 is 21.7 Å². The summed E-state index contributed by atoms with van der Waals surface area (Å²) in [5, 5.41) is 5.49. The third-order valence-electron chi connectivity index (χ3n) is 4.22. The van der Waals surface area contributed by atoms with Gasteiger partial charge in [-0.15, -0.1) is 0 Å². The fraction of sp³-hybridized carbons (Fsp3) is 0.316. The van der Waals surface area contributed by atoms with Crippen molar-refractivity contribution in [2.24, 2.45) is 0 Å². The molecular formula is C19H25N3O3S. The Balaban J connectivity index is 1.98. The van der Waals surface area contributed by atoms with Crippen LogP contribution in [0.4, 0.5) is 10.5 Å². The predicted molar refractivity (Wildman–Crippen MR) is 104 cm³/mol. The number of rotatable bonds is 6. The lowest BCUT2D eigenvalue weighted by Gasteiger charge is -2.21. The van der Waals surface area contributed by atoms with E-state index in [0.29, 0.717) is 12.2 Å². The smallest absolute Gasteiger partial charge is 0.319 e. The van der Waals surface area contributed by atoms with Gasteiger partial charge in [-0.25, -0.2) is 13.2 Å². The van der Waals surface area contributed by atoms with Gasteiger partial charge in [-0.2, -0.15) is 4.31 Å². The Morgan fingerprint density at radius 2 is 1.69 bits per heavy atom. The fourth-order valence-corrected chi connectivity index (χ4v) is 3.68. The Hall–Kier alpha value is -2.38. The van der Waals surface area contributed by atoms with E-state index >= 15 is 0 Å². The van der Waals surface area contributed by atoms with Crippen LogP contribution in [0.1, 0.15) is 25.0 Å². The maximum Gasteiger partial charge on any atom is 0.319 e. The number of hydrogen-bond donors (Lipinski definition) is 2. The highest BCUT2D eigenvalue weighted by Gasteiger charge is 2.22. The van der Waals surface area contributed by atoms with Gasteiger partial charge in [-0.3, -0.25) is 0 Å². The summed E-state index contributed by atoms with van der Waals surface area (Å²) in [6, 6.07) is 13.5. The van der Waals surface area contributed by atoms with Gasteiger partial charge >= 0.3 is 6.03 Å². The molecule has 2 aromatic carbocycles. The van der Waals surface area contributed by atoms with Gasteiger partial charge in [0.15, 0.2) is 0 Å². The number of anilines is 1. The minimum Gasteiger partial charge on any atom is -0.334 e. The SMILES string of the molecule is Cc1ccccc1CNC(=O)Nc1ccc(S(=O)(=O)N(C)C(C)C)cc1. The summed E-state index contributed by atoms with van der Waals surface area (Å²) in [5.41, 5.74) is 2.68. The third-order valence-corrected chi connectivity index (χ3v) is 6.26. The quantitative estimate of drug-likeness (QED) is 0.813. The molecule has 140 valence electrons. The molecule has 0 bridgehead atoms. The van der Waals surface area contributed by atoms with Crippen molar-refractivity contribution in [3.05, 3.63) is 59.7 Å². The molecule has 2 amide bonds. The second kappa shape index (κ2) is 8.33. The molecule has 0 fully saturated rings. The van der Waals surface area contributed by atoms with E-state index in [2.05, 4.69) is 10.6 Å². The van der Waals surface area contributed by atoms with Gasteiger partial charge in [0.2, 0.25) is 10.0 Å². The van der Waals surface area contributed by atoms with Gasteiger partial charge < -0.3 is 10.6 Å². The van der Waals surface area contributed by atoms with Crippen LogP contribution in [0.15, 0.2) is 53.4 Å². The van der Waals surface area contributed by atoms with Gasteiger partial charge in [0.1, 0.15) is 0 Å². The minimum atomic E-state index is -3.53. The number of amides is 2. The highest BCUT2D eigenvalue weighted by molar-refractivity contribution is 7.89. The number of carbonyl (C=O) groups excluding carboxylic acids is 1. The third kappa shape index (κ3) is 4.83. The molecule has 0 aliphatic heterocycles. The van der Waals surface area contributed by atoms with Crippen molar-refractivity contribution in [1.29, 1.82) is 0 Å². The molecule has 0 aliphatic rings. The Morgan fingerprint density at radius 3 is 2.27 bits per heavy atom. The zero-order chi connectivity index (χ0) is 19.3. The Morgan fingerprint density at radius 1 is 1.08 bits per heavy atom. The van der Waals surface area contributed by atoms with Crippen molar-refractivity contribution in [2.75, 3.05) is 12.4 Å². The molecule has 2 aromatic rings. The molecule has 0 saturated carbocycles. The normalized spacial score (nSPS) is 11.6. The molecule has 0 aromatic heterocycles. The van der Waals surface area contributed by atoms with E-state index in [4.69, 9.17) is 0 Å². The first-order chi connectivity index (χ1) is 12.2. The number of aryl methyl sites for hydroxylation is 1. The number of nitrogens with one attached hydrogen (secondary N) is 2. The van der Waals surface area contributed by atoms with Crippen LogP contribution in [-0.2, 0) is 16.6 Å². The fourth-order valence-electron chi connectivity index (χ4n) is 2.31. The van der Waals surface area contributed by atoms with Crippen LogP contribution in [0.25, 0.3) is 0 Å². The lowest BCUT2D eigenvalue weighted by molar-refractivity contribution is 0.251. The lowest BCUT2D eigenvalue weighted by Crippen LogP contribution is -2.33. The summed E-state index contributed by atoms with van der Waals surface area (Å²) in [4.78, 5) is 12.2. The summed E-state index contributed by atoms with van der Waals surface area (Å²) in [7, 11) is -1.98. The molecule has 0 spiro atoms. The van der Waals surface area contributed by atoms with Crippen LogP contribution < -0.4 is 10.6 Å². The number of carbonyl (C=O) groups is 1. The standard InChI is InChI=1S/C19H25N3O3S/c1-14(2)22(4)26(24,25)18-11-9-17(10-12-18)21-19(23)20-13-16-8-6-5-7-15(16)3/h5-12,14H,13H2,1-4H3,(H2,20,21,23). The van der Waals surface area contributed by atoms with Gasteiger partial charge in [-0.1, -0.05) is 24.3 Å². The molecule has 0 heterocycles. The molecule has 0 atom stereocenters. The van der Waals surface area contributed by atoms with Crippen molar-refractivity contribution in [1.82, 2.24) is 9.62 Å². The molecule has 7 heteroatoms. The van der Waals surface area contributed by atoms with Crippen molar-refractivity contribution in [3.63, 3.8) is 0 Å². The van der Waals surface area contributed by atoms with E-state index in [1.165, 1.54) is 16.4 Å². The van der Waals surface area contributed by atoms with Crippen LogP contribution in [0, 0.1) is 6.92 Å². The zero-order valence-electron chi connectivity index (χ0n) is 15.5. The maximum atomic E-state index is 12.4. The first kappa shape index (κ1) is 19.9. The first-order valence-electron chi connectivity index (χ1n) is 8.39. The molecule has 2 N–H and O–H groups in total. The van der Waals surface area contributed by atoms with Crippen LogP contribution >= 0.6 is 0 Å². The molecule has 0 saturated heterocycles. The van der Waals surface area contributed by atoms with E-state index in [1.807, 2.05) is 45.0 Å². The monoisotopic (exact) mass is 375 g/mol. The minimum absolute atomic E-state index is 0.134. The van der Waals surface area contributed by atoms with E-state index in [1.54, 1.807) is 19.2 Å². The summed E-state index contributed by atoms with van der Waals surface area (Å²) in [6.45, 7) is 6.03. The van der Waals surface area contributed by atoms with E-state index in [0.717, 1.165) is 11.1 Å². The summed E-state index contributed by atoms with van der Waals surface area (Å²) in [6.07, 6.45) is 0. The predicted octanol–water partition coefficient (Wildman–Crippen LogP) is 3.35. The summed E-state index contributed by atoms with van der Waals surface area (Å²) in [5.74, 6) is 0. The van der Waals surface area contributed by atoms with Gasteiger partial charge in [-0.05, 0) is 56.2 Å². The average Bonchev–Trinajstić information content (AvgIpc) is 2.60. The molecule has 6 nitrogen and oxygen atoms in total. The van der Waals surface area contributed by atoms with Crippen molar-refractivity contribution in [3.8, 4) is 0 Å². The van der Waals surface area contributed by atoms with Gasteiger partial charge in [0.25, 0.3) is 0 Å². The number of nitrogens with zero attached hydrogens (tertiary/aromatic N) is 1. The second-order valence-corrected chi connectivity index (χ2v) is 8.37. The largest absolute Gasteiger partial charge is 0.334 e. The molecule has 0 unspecified atom stereocenters. The van der Waals surface area contributed by atoms with Crippen LogP contribution in [0.3, 0.4) is 0 Å². The van der Waals surface area contributed by atoms with Gasteiger partial charge in [0, 0.05) is 25.3 Å². The topological polar surface area (TPSA) is 78.5 Å². The Labute approximate surface area is 155 Å². The van der Waals surface area contributed by atoms with Crippen LogP contribution in [0.5, 0.6) is 0 Å². The van der Waals surface area contributed by atoms with E-state index in [-0.39, 0.29) is 17.0 Å². The maximum absolute atomic E-state index is 12.4. The Bertz CT molecular complexity index is 862. The van der Waals surface area contributed by atoms with E-state index < -0.39 is 10.0 Å². The second-order valence-electron chi connectivity index (χ2n) is 6.37. The van der Waals surface area contributed by atoms with Gasteiger partial charge in [0.05, 0.1) is 4.90 Å². The molecule has 2 rings (SSSR count). The van der Waals surface area contributed by atoms with Crippen molar-refractivity contribution in [2.45, 2.75) is 38.3 Å².